The van der Waals surface area contributed by atoms with Gasteiger partial charge in [0.05, 0.1) is 37.5 Å². The van der Waals surface area contributed by atoms with Gasteiger partial charge >= 0.3 is 0 Å². The van der Waals surface area contributed by atoms with Crippen molar-refractivity contribution in [1.29, 1.82) is 0 Å². The Morgan fingerprint density at radius 1 is 1.13 bits per heavy atom. The summed E-state index contributed by atoms with van der Waals surface area (Å²) in [7, 11) is 3.82. The lowest BCUT2D eigenvalue weighted by molar-refractivity contribution is -0.301. The van der Waals surface area contributed by atoms with E-state index < -0.39 is 11.9 Å². The van der Waals surface area contributed by atoms with Gasteiger partial charge in [-0.15, -0.1) is 0 Å². The minimum atomic E-state index is -1.55. The van der Waals surface area contributed by atoms with E-state index in [9.17, 15) is 19.8 Å². The molecule has 9 nitrogen and oxygen atoms in total. The van der Waals surface area contributed by atoms with E-state index in [1.807, 2.05) is 32.0 Å². The lowest BCUT2D eigenvalue weighted by Crippen LogP contribution is -2.23. The van der Waals surface area contributed by atoms with E-state index in [1.165, 1.54) is 12.3 Å². The molecule has 1 aliphatic heterocycles. The maximum Gasteiger partial charge on any atom is 0.161 e. The minimum absolute atomic E-state index is 0.0774. The highest BCUT2D eigenvalue weighted by atomic mass is 16.5. The van der Waals surface area contributed by atoms with Gasteiger partial charge in [-0.25, -0.2) is 0 Å². The number of carboxylic acids is 2. The third-order valence-electron chi connectivity index (χ3n) is 4.35. The lowest BCUT2D eigenvalue weighted by Gasteiger charge is -2.18. The summed E-state index contributed by atoms with van der Waals surface area (Å²) in [5, 5.41) is 18.8. The van der Waals surface area contributed by atoms with Crippen LogP contribution in [-0.2, 0) is 14.3 Å². The number of aliphatic imine (C=N–C) groups is 1. The predicted molar refractivity (Wildman–Crippen MR) is 112 cm³/mol. The smallest absolute Gasteiger partial charge is 0.161 e. The number of amidine groups is 1. The monoisotopic (exact) mass is 434 g/mol. The number of likely N-dealkylation sites (tertiary alicyclic amines) is 1. The average molecular weight is 434 g/mol. The molecule has 0 saturated carbocycles. The van der Waals surface area contributed by atoms with E-state index in [4.69, 9.17) is 19.2 Å². The number of rotatable bonds is 10. The fraction of sp³-hybridized carbons (Fsp3) is 0.500. The SMILES string of the molecule is CCOc1ccc(C(CN=C2CCCN2C)OC)cc1OCC.O=C([O-])/C=C/C(=O)[O-]. The Hall–Kier alpha value is -3.07. The van der Waals surface area contributed by atoms with Crippen molar-refractivity contribution in [2.45, 2.75) is 32.8 Å². The van der Waals surface area contributed by atoms with Gasteiger partial charge in [-0.3, -0.25) is 4.99 Å². The van der Waals surface area contributed by atoms with Crippen LogP contribution in [0.5, 0.6) is 11.5 Å². The van der Waals surface area contributed by atoms with Crippen molar-refractivity contribution in [3.8, 4) is 11.5 Å². The van der Waals surface area contributed by atoms with Crippen LogP contribution in [0.1, 0.15) is 38.4 Å². The normalized spacial score (nSPS) is 15.5. The molecule has 0 radical (unpaired) electrons. The second-order valence-corrected chi connectivity index (χ2v) is 6.55. The zero-order valence-corrected chi connectivity index (χ0v) is 18.5. The van der Waals surface area contributed by atoms with Gasteiger partial charge in [0.25, 0.3) is 0 Å². The number of nitrogens with zero attached hydrogens (tertiary/aromatic N) is 2. The summed E-state index contributed by atoms with van der Waals surface area (Å²) in [6.07, 6.45) is 2.93. The summed E-state index contributed by atoms with van der Waals surface area (Å²) in [6, 6.07) is 5.98. The van der Waals surface area contributed by atoms with Gasteiger partial charge in [0.2, 0.25) is 0 Å². The quantitative estimate of drug-likeness (QED) is 0.483. The van der Waals surface area contributed by atoms with E-state index in [1.54, 1.807) is 7.11 Å². The highest BCUT2D eigenvalue weighted by Crippen LogP contribution is 2.32. The molecule has 0 amide bonds. The molecule has 1 heterocycles. The number of hydrogen-bond donors (Lipinski definition) is 0. The molecule has 31 heavy (non-hydrogen) atoms. The second kappa shape index (κ2) is 14.0. The average Bonchev–Trinajstić information content (AvgIpc) is 3.14. The third kappa shape index (κ3) is 9.52. The minimum Gasteiger partial charge on any atom is -0.545 e. The summed E-state index contributed by atoms with van der Waals surface area (Å²) in [4.78, 5) is 25.8. The fourth-order valence-electron chi connectivity index (χ4n) is 2.90. The summed E-state index contributed by atoms with van der Waals surface area (Å²) in [6.45, 7) is 6.87. The molecule has 0 N–H and O–H groups in total. The van der Waals surface area contributed by atoms with E-state index in [0.29, 0.717) is 31.9 Å². The molecule has 0 aliphatic carbocycles. The molecule has 0 bridgehead atoms. The summed E-state index contributed by atoms with van der Waals surface area (Å²) >= 11 is 0. The highest BCUT2D eigenvalue weighted by molar-refractivity contribution is 5.87. The Labute approximate surface area is 182 Å². The first-order valence-corrected chi connectivity index (χ1v) is 10.1. The number of hydrogen-bond acceptors (Lipinski definition) is 8. The molecule has 1 unspecified atom stereocenters. The van der Waals surface area contributed by atoms with Crippen molar-refractivity contribution >= 4 is 17.8 Å². The molecule has 1 saturated heterocycles. The Kier molecular flexibility index (Phi) is 11.7. The van der Waals surface area contributed by atoms with Crippen molar-refractivity contribution in [2.24, 2.45) is 4.99 Å². The molecule has 1 atom stereocenters. The molecule has 1 aliphatic rings. The third-order valence-corrected chi connectivity index (χ3v) is 4.35. The van der Waals surface area contributed by atoms with E-state index >= 15 is 0 Å². The number of methoxy groups -OCH3 is 1. The van der Waals surface area contributed by atoms with Crippen molar-refractivity contribution in [3.63, 3.8) is 0 Å². The molecule has 1 fully saturated rings. The predicted octanol–water partition coefficient (Wildman–Crippen LogP) is 0.338. The van der Waals surface area contributed by atoms with E-state index in [0.717, 1.165) is 30.0 Å². The topological polar surface area (TPSA) is 124 Å². The Morgan fingerprint density at radius 3 is 2.23 bits per heavy atom. The van der Waals surface area contributed by atoms with Crippen molar-refractivity contribution in [2.75, 3.05) is 40.5 Å². The van der Waals surface area contributed by atoms with Crippen molar-refractivity contribution in [3.05, 3.63) is 35.9 Å². The molecule has 2 rings (SSSR count). The van der Waals surface area contributed by atoms with Crippen LogP contribution in [-0.4, -0.2) is 63.1 Å². The van der Waals surface area contributed by atoms with Gasteiger partial charge in [0.1, 0.15) is 6.10 Å². The fourth-order valence-corrected chi connectivity index (χ4v) is 2.90. The molecule has 172 valence electrons. The molecular weight excluding hydrogens is 404 g/mol. The molecule has 0 spiro atoms. The Balaban J connectivity index is 0.000000512. The highest BCUT2D eigenvalue weighted by Gasteiger charge is 2.17. The van der Waals surface area contributed by atoms with E-state index in [-0.39, 0.29) is 6.10 Å². The number of ether oxygens (including phenoxy) is 3. The van der Waals surface area contributed by atoms with Crippen LogP contribution in [0.3, 0.4) is 0 Å². The summed E-state index contributed by atoms with van der Waals surface area (Å²) in [5.41, 5.74) is 1.06. The van der Waals surface area contributed by atoms with Crippen LogP contribution >= 0.6 is 0 Å². The summed E-state index contributed by atoms with van der Waals surface area (Å²) in [5.74, 6) is -0.388. The van der Waals surface area contributed by atoms with Crippen molar-refractivity contribution < 1.29 is 34.0 Å². The number of carboxylic acid groups (broad SMARTS) is 2. The number of carbonyl (C=O) groups excluding carboxylic acids is 2. The van der Waals surface area contributed by atoms with Gasteiger partial charge in [0.15, 0.2) is 11.5 Å². The first kappa shape index (κ1) is 26.0. The molecule has 9 heteroatoms. The summed E-state index contributed by atoms with van der Waals surface area (Å²) < 4.78 is 17.0. The molecule has 0 aromatic heterocycles. The number of carbonyl (C=O) groups is 2. The van der Waals surface area contributed by atoms with Crippen LogP contribution in [0.4, 0.5) is 0 Å². The zero-order valence-electron chi connectivity index (χ0n) is 18.5. The second-order valence-electron chi connectivity index (χ2n) is 6.55. The van der Waals surface area contributed by atoms with Gasteiger partial charge in [-0.05, 0) is 50.1 Å². The Bertz CT molecular complexity index is 761. The zero-order chi connectivity index (χ0) is 23.2. The molecular formula is C22H30N2O7-2. The van der Waals surface area contributed by atoms with Crippen LogP contribution in [0.2, 0.25) is 0 Å². The standard InChI is InChI=1S/C18H28N2O3.C4H4O4/c1-5-22-15-10-9-14(12-16(15)23-6-2)17(21-4)13-19-18-8-7-11-20(18)3;5-3(6)1-2-4(7)8/h9-10,12,17H,5-8,11,13H2,1-4H3;1-2H,(H,5,6)(H,7,8)/p-2/b;2-1+. The maximum atomic E-state index is 9.41. The molecule has 1 aromatic carbocycles. The van der Waals surface area contributed by atoms with Gasteiger partial charge < -0.3 is 38.9 Å². The van der Waals surface area contributed by atoms with Crippen LogP contribution in [0, 0.1) is 0 Å². The lowest BCUT2D eigenvalue weighted by atomic mass is 10.1. The first-order chi connectivity index (χ1) is 14.8. The van der Waals surface area contributed by atoms with Crippen molar-refractivity contribution in [1.82, 2.24) is 4.90 Å². The van der Waals surface area contributed by atoms with Gasteiger partial charge in [0, 0.05) is 27.1 Å². The maximum absolute atomic E-state index is 9.41. The first-order valence-electron chi connectivity index (χ1n) is 10.1. The van der Waals surface area contributed by atoms with E-state index in [2.05, 4.69) is 11.9 Å². The Morgan fingerprint density at radius 2 is 1.74 bits per heavy atom. The van der Waals surface area contributed by atoms with Gasteiger partial charge in [-0.2, -0.15) is 0 Å². The number of aliphatic carboxylic acids is 2. The van der Waals surface area contributed by atoms with Crippen LogP contribution in [0.15, 0.2) is 35.3 Å². The van der Waals surface area contributed by atoms with Crippen LogP contribution in [0.25, 0.3) is 0 Å². The van der Waals surface area contributed by atoms with Crippen LogP contribution < -0.4 is 19.7 Å². The van der Waals surface area contributed by atoms with Gasteiger partial charge in [-0.1, -0.05) is 6.07 Å². The largest absolute Gasteiger partial charge is 0.545 e. The number of benzene rings is 1. The molecule has 1 aromatic rings.